The van der Waals surface area contributed by atoms with Gasteiger partial charge in [0.2, 0.25) is 0 Å². The van der Waals surface area contributed by atoms with E-state index in [9.17, 15) is 24.5 Å². The van der Waals surface area contributed by atoms with Gasteiger partial charge in [-0.15, -0.1) is 0 Å². The molecule has 3 aliphatic rings. The summed E-state index contributed by atoms with van der Waals surface area (Å²) in [7, 11) is 0. The van der Waals surface area contributed by atoms with Crippen molar-refractivity contribution < 1.29 is 28.8 Å². The summed E-state index contributed by atoms with van der Waals surface area (Å²) in [5, 5.41) is 11.2. The number of nitrogens with zero attached hydrogens (tertiary/aromatic N) is 2. The molecular weight excluding hydrogens is 488 g/mol. The molecule has 5 rings (SSSR count). The highest BCUT2D eigenvalue weighted by Crippen LogP contribution is 2.64. The van der Waals surface area contributed by atoms with Crippen LogP contribution in [0.1, 0.15) is 80.0 Å². The second kappa shape index (κ2) is 9.62. The average molecular weight is 521 g/mol. The minimum atomic E-state index is -1.59. The highest BCUT2D eigenvalue weighted by Gasteiger charge is 2.70. The summed E-state index contributed by atoms with van der Waals surface area (Å²) in [6.45, 7) is 5.58. The third-order valence-electron chi connectivity index (χ3n) is 8.76. The number of rotatable bonds is 7. The average Bonchev–Trinajstić information content (AvgIpc) is 3.22. The Balaban J connectivity index is 1.67. The molecule has 0 radical (unpaired) electrons. The van der Waals surface area contributed by atoms with Crippen molar-refractivity contribution in [3.8, 4) is 0 Å². The molecule has 200 valence electrons. The second-order valence-electron chi connectivity index (χ2n) is 10.5. The first-order valence-electron chi connectivity index (χ1n) is 13.2. The number of esters is 2. The van der Waals surface area contributed by atoms with Crippen LogP contribution in [-0.4, -0.2) is 46.3 Å². The molecule has 2 fully saturated rings. The summed E-state index contributed by atoms with van der Waals surface area (Å²) < 4.78 is 10.8. The largest absolute Gasteiger partial charge is 0.465 e. The Bertz CT molecular complexity index is 1270. The fraction of sp³-hybridized carbons (Fsp3) is 0.483. The third kappa shape index (κ3) is 3.66. The van der Waals surface area contributed by atoms with Crippen molar-refractivity contribution >= 4 is 23.4 Å². The molecule has 2 bridgehead atoms. The van der Waals surface area contributed by atoms with Crippen LogP contribution < -0.4 is 0 Å². The lowest BCUT2D eigenvalue weighted by atomic mass is 9.59. The Kier molecular flexibility index (Phi) is 6.59. The molecule has 0 aromatic heterocycles. The van der Waals surface area contributed by atoms with Gasteiger partial charge in [-0.25, -0.2) is 0 Å². The first kappa shape index (κ1) is 26.0. The van der Waals surface area contributed by atoms with E-state index in [1.165, 1.54) is 12.1 Å². The molecule has 9 nitrogen and oxygen atoms in total. The van der Waals surface area contributed by atoms with E-state index in [0.717, 1.165) is 11.1 Å². The van der Waals surface area contributed by atoms with Gasteiger partial charge in [0.25, 0.3) is 5.69 Å². The van der Waals surface area contributed by atoms with Gasteiger partial charge in [-0.2, -0.15) is 0 Å². The molecule has 1 aliphatic carbocycles. The molecule has 1 saturated heterocycles. The first-order valence-corrected chi connectivity index (χ1v) is 13.2. The fourth-order valence-corrected chi connectivity index (χ4v) is 7.14. The van der Waals surface area contributed by atoms with Crippen LogP contribution >= 0.6 is 0 Å². The van der Waals surface area contributed by atoms with Gasteiger partial charge < -0.3 is 9.47 Å². The lowest BCUT2D eigenvalue weighted by Gasteiger charge is -2.54. The second-order valence-corrected chi connectivity index (χ2v) is 10.5. The zero-order valence-electron chi connectivity index (χ0n) is 21.8. The SMILES string of the molecule is CCOC(=O)C1(C(=O)OCC)CC[C@@H]2C[C@H]3c4ccccc4C(=O)[C@]2(C1)N3[C@H](C)c1ccc([N+](=O)[O-])cc1. The monoisotopic (exact) mass is 520 g/mol. The lowest BCUT2D eigenvalue weighted by Crippen LogP contribution is -2.64. The summed E-state index contributed by atoms with van der Waals surface area (Å²) in [6, 6.07) is 13.5. The molecule has 0 amide bonds. The fourth-order valence-electron chi connectivity index (χ4n) is 7.14. The van der Waals surface area contributed by atoms with Crippen LogP contribution in [0.15, 0.2) is 48.5 Å². The minimum absolute atomic E-state index is 0.0127. The van der Waals surface area contributed by atoms with E-state index in [2.05, 4.69) is 4.90 Å². The number of nitro groups is 1. The van der Waals surface area contributed by atoms with Crippen molar-refractivity contribution in [2.24, 2.45) is 11.3 Å². The zero-order valence-corrected chi connectivity index (χ0v) is 21.8. The van der Waals surface area contributed by atoms with Crippen LogP contribution in [0.25, 0.3) is 0 Å². The highest BCUT2D eigenvalue weighted by molar-refractivity contribution is 6.09. The Morgan fingerprint density at radius 3 is 2.32 bits per heavy atom. The van der Waals surface area contributed by atoms with Crippen molar-refractivity contribution in [2.45, 2.75) is 64.1 Å². The summed E-state index contributed by atoms with van der Waals surface area (Å²) in [5.74, 6) is -1.48. The smallest absolute Gasteiger partial charge is 0.323 e. The number of carbonyl (C=O) groups is 3. The van der Waals surface area contributed by atoms with E-state index in [-0.39, 0.29) is 55.5 Å². The number of ketones is 1. The number of fused-ring (bicyclic) bond motifs is 3. The van der Waals surface area contributed by atoms with Crippen LogP contribution in [0.5, 0.6) is 0 Å². The summed E-state index contributed by atoms with van der Waals surface area (Å²) >= 11 is 0. The van der Waals surface area contributed by atoms with E-state index in [1.54, 1.807) is 26.0 Å². The standard InChI is InChI=1S/C29H32N2O7/c1-4-37-26(33)28(27(34)38-5-2)15-14-20-16-24-22-8-6-7-9-23(22)25(32)29(20,17-28)30(24)18(3)19-10-12-21(13-11-19)31(35)36/h6-13,18,20,24H,4-5,14-17H2,1-3H3/t18-,20-,24+,29-/m1/s1. The molecule has 0 unspecified atom stereocenters. The zero-order chi connectivity index (χ0) is 27.2. The third-order valence-corrected chi connectivity index (χ3v) is 8.76. The van der Waals surface area contributed by atoms with E-state index in [1.807, 2.05) is 31.2 Å². The molecule has 4 atom stereocenters. The predicted molar refractivity (Wildman–Crippen MR) is 137 cm³/mol. The van der Waals surface area contributed by atoms with E-state index < -0.39 is 27.8 Å². The summed E-state index contributed by atoms with van der Waals surface area (Å²) in [5.41, 5.74) is -0.359. The Morgan fingerprint density at radius 2 is 1.71 bits per heavy atom. The van der Waals surface area contributed by atoms with Gasteiger partial charge >= 0.3 is 11.9 Å². The maximum atomic E-state index is 14.5. The Morgan fingerprint density at radius 1 is 1.08 bits per heavy atom. The maximum Gasteiger partial charge on any atom is 0.323 e. The van der Waals surface area contributed by atoms with Crippen LogP contribution in [0.4, 0.5) is 5.69 Å². The molecule has 0 N–H and O–H groups in total. The van der Waals surface area contributed by atoms with Gasteiger partial charge in [0.15, 0.2) is 11.2 Å². The Labute approximate surface area is 221 Å². The molecule has 2 aromatic rings. The van der Waals surface area contributed by atoms with E-state index >= 15 is 0 Å². The van der Waals surface area contributed by atoms with Gasteiger partial charge in [0.1, 0.15) is 0 Å². The molecule has 2 heterocycles. The van der Waals surface area contributed by atoms with Crippen LogP contribution in [0, 0.1) is 21.4 Å². The molecule has 1 saturated carbocycles. The molecule has 9 heteroatoms. The lowest BCUT2D eigenvalue weighted by molar-refractivity contribution is -0.384. The van der Waals surface area contributed by atoms with Gasteiger partial charge in [0.05, 0.1) is 23.7 Å². The minimum Gasteiger partial charge on any atom is -0.465 e. The molecule has 2 aromatic carbocycles. The molecule has 1 spiro atoms. The quantitative estimate of drug-likeness (QED) is 0.218. The molecule has 2 aliphatic heterocycles. The number of benzene rings is 2. The number of Topliss-reactive ketones (excluding diaryl/α,β-unsaturated/α-hetero) is 1. The number of carbonyl (C=O) groups excluding carboxylic acids is 3. The normalized spacial score (nSPS) is 26.1. The topological polar surface area (TPSA) is 116 Å². The van der Waals surface area contributed by atoms with E-state index in [4.69, 9.17) is 9.47 Å². The number of hydrogen-bond acceptors (Lipinski definition) is 8. The number of nitro benzene ring substituents is 1. The molecule has 38 heavy (non-hydrogen) atoms. The first-order chi connectivity index (χ1) is 18.2. The number of non-ortho nitro benzene ring substituents is 1. The van der Waals surface area contributed by atoms with Crippen molar-refractivity contribution in [3.05, 3.63) is 75.3 Å². The van der Waals surface area contributed by atoms with Crippen molar-refractivity contribution in [3.63, 3.8) is 0 Å². The summed E-state index contributed by atoms with van der Waals surface area (Å²) in [4.78, 5) is 54.4. The van der Waals surface area contributed by atoms with Gasteiger partial charge in [-0.05, 0) is 57.1 Å². The molecular formula is C29H32N2O7. The summed E-state index contributed by atoms with van der Waals surface area (Å²) in [6.07, 6.45) is 1.44. The Hall–Kier alpha value is -3.59. The van der Waals surface area contributed by atoms with Crippen LogP contribution in [0.3, 0.4) is 0 Å². The van der Waals surface area contributed by atoms with Crippen LogP contribution in [0.2, 0.25) is 0 Å². The van der Waals surface area contributed by atoms with Crippen molar-refractivity contribution in [1.29, 1.82) is 0 Å². The van der Waals surface area contributed by atoms with Gasteiger partial charge in [-0.3, -0.25) is 29.4 Å². The number of ether oxygens (including phenoxy) is 2. The van der Waals surface area contributed by atoms with E-state index in [0.29, 0.717) is 18.4 Å². The number of hydrogen-bond donors (Lipinski definition) is 0. The van der Waals surface area contributed by atoms with Crippen molar-refractivity contribution in [2.75, 3.05) is 13.2 Å². The highest BCUT2D eigenvalue weighted by atomic mass is 16.6. The van der Waals surface area contributed by atoms with Crippen molar-refractivity contribution in [1.82, 2.24) is 4.90 Å². The van der Waals surface area contributed by atoms with Crippen LogP contribution in [-0.2, 0) is 19.1 Å². The van der Waals surface area contributed by atoms with Gasteiger partial charge in [-0.1, -0.05) is 36.4 Å². The maximum absolute atomic E-state index is 14.5. The predicted octanol–water partition coefficient (Wildman–Crippen LogP) is 4.95. The van der Waals surface area contributed by atoms with Gasteiger partial charge in [0, 0.05) is 36.2 Å².